The maximum Gasteiger partial charge on any atom is 0.240 e. The number of halogens is 1. The van der Waals surface area contributed by atoms with E-state index in [-0.39, 0.29) is 17.5 Å². The number of hydrogen-bond acceptors (Lipinski definition) is 6. The summed E-state index contributed by atoms with van der Waals surface area (Å²) in [5, 5.41) is 0. The Morgan fingerprint density at radius 3 is 2.50 bits per heavy atom. The zero-order chi connectivity index (χ0) is 22.2. The van der Waals surface area contributed by atoms with Crippen molar-refractivity contribution in [2.24, 2.45) is 0 Å². The molecule has 0 saturated carbocycles. The van der Waals surface area contributed by atoms with E-state index in [0.717, 1.165) is 27.9 Å². The molecule has 4 aromatic rings. The molecule has 5 rings (SSSR count). The minimum atomic E-state index is -0.458. The first-order valence-corrected chi connectivity index (χ1v) is 10.1. The molecule has 1 atom stereocenters. The molecule has 0 fully saturated rings. The van der Waals surface area contributed by atoms with Crippen LogP contribution in [-0.2, 0) is 11.2 Å². The van der Waals surface area contributed by atoms with Crippen LogP contribution in [0.25, 0.3) is 11.1 Å². The maximum absolute atomic E-state index is 13.8. The summed E-state index contributed by atoms with van der Waals surface area (Å²) in [6.45, 7) is 1.73. The highest BCUT2D eigenvalue weighted by molar-refractivity contribution is 6.10. The van der Waals surface area contributed by atoms with Crippen molar-refractivity contribution < 1.29 is 9.18 Å². The van der Waals surface area contributed by atoms with Gasteiger partial charge in [-0.15, -0.1) is 0 Å². The first-order chi connectivity index (χ1) is 15.5. The SMILES string of the molecule is Cc1cc(-c2ccc3c(c2)C(Cc2cncnc2)C(=O)N3c2cncc(N)n2)ccc1F. The van der Waals surface area contributed by atoms with Crippen molar-refractivity contribution >= 4 is 23.2 Å². The summed E-state index contributed by atoms with van der Waals surface area (Å²) in [4.78, 5) is 31.6. The third kappa shape index (κ3) is 3.45. The van der Waals surface area contributed by atoms with Gasteiger partial charge in [0.1, 0.15) is 18.0 Å². The van der Waals surface area contributed by atoms with Crippen molar-refractivity contribution in [3.8, 4) is 11.1 Å². The molecule has 0 bridgehead atoms. The minimum absolute atomic E-state index is 0.129. The van der Waals surface area contributed by atoms with Crippen LogP contribution in [0.5, 0.6) is 0 Å². The Morgan fingerprint density at radius 2 is 1.75 bits per heavy atom. The predicted molar refractivity (Wildman–Crippen MR) is 119 cm³/mol. The molecule has 0 radical (unpaired) electrons. The van der Waals surface area contributed by atoms with Gasteiger partial charge in [0.25, 0.3) is 0 Å². The number of nitrogen functional groups attached to an aromatic ring is 1. The first kappa shape index (κ1) is 19.7. The standard InChI is InChI=1S/C24H19FN6O/c1-14-6-16(2-4-20(14)25)17-3-5-21-18(8-17)19(7-15-9-28-13-29-10-15)24(32)31(21)23-12-27-11-22(26)30-23/h2-6,8-13,19H,7H2,1H3,(H2,26,30). The van der Waals surface area contributed by atoms with Crippen LogP contribution in [0, 0.1) is 12.7 Å². The van der Waals surface area contributed by atoms with E-state index >= 15 is 0 Å². The second-order valence-electron chi connectivity index (χ2n) is 7.72. The van der Waals surface area contributed by atoms with Gasteiger partial charge < -0.3 is 5.73 Å². The molecule has 8 heteroatoms. The van der Waals surface area contributed by atoms with Gasteiger partial charge in [0, 0.05) is 12.4 Å². The average molecular weight is 426 g/mol. The fourth-order valence-electron chi connectivity index (χ4n) is 4.03. The number of rotatable bonds is 4. The number of anilines is 3. The number of benzene rings is 2. The molecule has 3 heterocycles. The number of aryl methyl sites for hydroxylation is 1. The van der Waals surface area contributed by atoms with Crippen molar-refractivity contribution in [3.05, 3.63) is 90.0 Å². The van der Waals surface area contributed by atoms with Crippen LogP contribution in [0.15, 0.2) is 67.5 Å². The average Bonchev–Trinajstić information content (AvgIpc) is 3.07. The fourth-order valence-corrected chi connectivity index (χ4v) is 4.03. The normalized spacial score (nSPS) is 15.1. The van der Waals surface area contributed by atoms with Gasteiger partial charge in [0.2, 0.25) is 5.91 Å². The van der Waals surface area contributed by atoms with Crippen LogP contribution in [0.4, 0.5) is 21.7 Å². The van der Waals surface area contributed by atoms with Crippen LogP contribution in [-0.4, -0.2) is 25.8 Å². The highest BCUT2D eigenvalue weighted by Crippen LogP contribution is 2.44. The summed E-state index contributed by atoms with van der Waals surface area (Å²) in [6, 6.07) is 10.8. The molecule has 2 aromatic heterocycles. The van der Waals surface area contributed by atoms with Crippen LogP contribution in [0.3, 0.4) is 0 Å². The van der Waals surface area contributed by atoms with E-state index in [9.17, 15) is 9.18 Å². The summed E-state index contributed by atoms with van der Waals surface area (Å²) < 4.78 is 13.8. The van der Waals surface area contributed by atoms with Crippen LogP contribution in [0.2, 0.25) is 0 Å². The van der Waals surface area contributed by atoms with E-state index in [1.54, 1.807) is 36.4 Å². The summed E-state index contributed by atoms with van der Waals surface area (Å²) >= 11 is 0. The third-order valence-electron chi connectivity index (χ3n) is 5.58. The molecular formula is C24H19FN6O. The monoisotopic (exact) mass is 426 g/mol. The Bertz CT molecular complexity index is 1330. The number of nitrogens with two attached hydrogens (primary N) is 1. The van der Waals surface area contributed by atoms with E-state index < -0.39 is 5.92 Å². The van der Waals surface area contributed by atoms with E-state index in [1.165, 1.54) is 24.8 Å². The Morgan fingerprint density at radius 1 is 1.00 bits per heavy atom. The van der Waals surface area contributed by atoms with Crippen molar-refractivity contribution in [3.63, 3.8) is 0 Å². The van der Waals surface area contributed by atoms with Gasteiger partial charge in [-0.25, -0.2) is 19.3 Å². The highest BCUT2D eigenvalue weighted by Gasteiger charge is 2.39. The molecule has 1 aliphatic rings. The zero-order valence-electron chi connectivity index (χ0n) is 17.2. The van der Waals surface area contributed by atoms with Crippen molar-refractivity contribution in [1.29, 1.82) is 0 Å². The molecular weight excluding hydrogens is 407 g/mol. The number of hydrogen-bond donors (Lipinski definition) is 1. The molecule has 1 aliphatic heterocycles. The van der Waals surface area contributed by atoms with Gasteiger partial charge in [0.15, 0.2) is 5.82 Å². The van der Waals surface area contributed by atoms with Crippen molar-refractivity contribution in [1.82, 2.24) is 19.9 Å². The lowest BCUT2D eigenvalue weighted by atomic mass is 9.91. The molecule has 1 unspecified atom stereocenters. The van der Waals surface area contributed by atoms with Gasteiger partial charge >= 0.3 is 0 Å². The molecule has 7 nitrogen and oxygen atoms in total. The Labute approximate surface area is 183 Å². The number of nitrogens with zero attached hydrogens (tertiary/aromatic N) is 5. The van der Waals surface area contributed by atoms with Crippen LogP contribution >= 0.6 is 0 Å². The molecule has 2 aromatic carbocycles. The number of amides is 1. The molecule has 1 amide bonds. The predicted octanol–water partition coefficient (Wildman–Crippen LogP) is 3.97. The molecule has 0 spiro atoms. The fraction of sp³-hybridized carbons (Fsp3) is 0.125. The van der Waals surface area contributed by atoms with Crippen LogP contribution < -0.4 is 10.6 Å². The number of aromatic nitrogens is 4. The van der Waals surface area contributed by atoms with Crippen molar-refractivity contribution in [2.75, 3.05) is 10.6 Å². The van der Waals surface area contributed by atoms with Crippen molar-refractivity contribution in [2.45, 2.75) is 19.3 Å². The summed E-state index contributed by atoms with van der Waals surface area (Å²) in [7, 11) is 0. The first-order valence-electron chi connectivity index (χ1n) is 10.1. The largest absolute Gasteiger partial charge is 0.382 e. The number of fused-ring (bicyclic) bond motifs is 1. The minimum Gasteiger partial charge on any atom is -0.382 e. The molecule has 32 heavy (non-hydrogen) atoms. The van der Waals surface area contributed by atoms with E-state index in [2.05, 4.69) is 19.9 Å². The lowest BCUT2D eigenvalue weighted by molar-refractivity contribution is -0.118. The van der Waals surface area contributed by atoms with Gasteiger partial charge in [0.05, 0.1) is 24.0 Å². The molecule has 0 saturated heterocycles. The van der Waals surface area contributed by atoms with Gasteiger partial charge in [-0.05, 0) is 65.4 Å². The van der Waals surface area contributed by atoms with E-state index in [0.29, 0.717) is 17.8 Å². The lowest BCUT2D eigenvalue weighted by Gasteiger charge is -2.17. The van der Waals surface area contributed by atoms with Crippen LogP contribution in [0.1, 0.15) is 22.6 Å². The molecule has 2 N–H and O–H groups in total. The quantitative estimate of drug-likeness (QED) is 0.530. The summed E-state index contributed by atoms with van der Waals surface area (Å²) in [5.41, 5.74) is 10.6. The second kappa shape index (κ2) is 7.81. The zero-order valence-corrected chi connectivity index (χ0v) is 17.2. The van der Waals surface area contributed by atoms with Gasteiger partial charge in [-0.3, -0.25) is 14.7 Å². The van der Waals surface area contributed by atoms with Gasteiger partial charge in [-0.1, -0.05) is 12.1 Å². The maximum atomic E-state index is 13.8. The van der Waals surface area contributed by atoms with E-state index in [4.69, 9.17) is 5.73 Å². The Hall–Kier alpha value is -4.20. The van der Waals surface area contributed by atoms with Gasteiger partial charge in [-0.2, -0.15) is 0 Å². The highest BCUT2D eigenvalue weighted by atomic mass is 19.1. The Balaban J connectivity index is 1.63. The third-order valence-corrected chi connectivity index (χ3v) is 5.58. The second-order valence-corrected chi connectivity index (χ2v) is 7.72. The molecule has 0 aliphatic carbocycles. The summed E-state index contributed by atoms with van der Waals surface area (Å²) in [5.74, 6) is -0.237. The smallest absolute Gasteiger partial charge is 0.240 e. The molecule has 158 valence electrons. The number of carbonyl (C=O) groups is 1. The Kier molecular flexibility index (Phi) is 4.82. The lowest BCUT2D eigenvalue weighted by Crippen LogP contribution is -2.26. The summed E-state index contributed by atoms with van der Waals surface area (Å²) in [6.07, 6.45) is 8.25. The number of carbonyl (C=O) groups excluding carboxylic acids is 1. The topological polar surface area (TPSA) is 97.9 Å². The van der Waals surface area contributed by atoms with E-state index in [1.807, 2.05) is 18.2 Å².